The third-order valence-corrected chi connectivity index (χ3v) is 5.13. The van der Waals surface area contributed by atoms with Gasteiger partial charge in [-0.25, -0.2) is 0 Å². The molecule has 2 aliphatic rings. The Bertz CT molecular complexity index is 335. The molecule has 0 heterocycles. The molecule has 0 radical (unpaired) electrons. The molecule has 16 heavy (non-hydrogen) atoms. The minimum atomic E-state index is 0.0135. The van der Waals surface area contributed by atoms with Crippen LogP contribution in [-0.2, 0) is 4.79 Å². The average Bonchev–Trinajstić information content (AvgIpc) is 2.57. The normalized spacial score (nSPS) is 38.4. The van der Waals surface area contributed by atoms with E-state index in [0.29, 0.717) is 17.6 Å². The number of hydrogen-bond donors (Lipinski definition) is 0. The summed E-state index contributed by atoms with van der Waals surface area (Å²) in [7, 11) is 0. The van der Waals surface area contributed by atoms with Crippen molar-refractivity contribution >= 4 is 5.78 Å². The fraction of sp³-hybridized carbons (Fsp3) is 0.800. The van der Waals surface area contributed by atoms with Crippen molar-refractivity contribution in [2.24, 2.45) is 17.3 Å². The number of allylic oxidation sites excluding steroid dienone is 2. The summed E-state index contributed by atoms with van der Waals surface area (Å²) in [4.78, 5) is 12.1. The molecule has 0 amide bonds. The van der Waals surface area contributed by atoms with Crippen LogP contribution in [0.25, 0.3) is 0 Å². The second-order valence-corrected chi connectivity index (χ2v) is 6.25. The first-order chi connectivity index (χ1) is 7.45. The maximum absolute atomic E-state index is 12.1. The van der Waals surface area contributed by atoms with E-state index in [9.17, 15) is 4.79 Å². The summed E-state index contributed by atoms with van der Waals surface area (Å²) >= 11 is 0. The van der Waals surface area contributed by atoms with Crippen LogP contribution < -0.4 is 0 Å². The molecule has 0 aromatic heterocycles. The number of carbonyl (C=O) groups is 1. The highest BCUT2D eigenvalue weighted by Gasteiger charge is 2.50. The molecule has 2 fully saturated rings. The van der Waals surface area contributed by atoms with Crippen LogP contribution in [0.3, 0.4) is 0 Å². The molecule has 1 nitrogen and oxygen atoms in total. The summed E-state index contributed by atoms with van der Waals surface area (Å²) < 4.78 is 0. The van der Waals surface area contributed by atoms with Gasteiger partial charge in [0.15, 0.2) is 0 Å². The zero-order valence-electron chi connectivity index (χ0n) is 11.1. The summed E-state index contributed by atoms with van der Waals surface area (Å²) in [6.07, 6.45) is 5.58. The zero-order chi connectivity index (χ0) is 11.9. The van der Waals surface area contributed by atoms with E-state index in [-0.39, 0.29) is 5.41 Å². The van der Waals surface area contributed by atoms with Crippen molar-refractivity contribution in [3.63, 3.8) is 0 Å². The van der Waals surface area contributed by atoms with Crippen molar-refractivity contribution < 1.29 is 4.79 Å². The molecule has 3 atom stereocenters. The summed E-state index contributed by atoms with van der Waals surface area (Å²) in [5.41, 5.74) is 2.99. The van der Waals surface area contributed by atoms with E-state index in [1.54, 1.807) is 0 Å². The molecule has 0 aliphatic heterocycles. The Morgan fingerprint density at radius 3 is 2.56 bits per heavy atom. The van der Waals surface area contributed by atoms with Crippen LogP contribution in [0, 0.1) is 17.3 Å². The van der Waals surface area contributed by atoms with Crippen molar-refractivity contribution in [3.05, 3.63) is 11.1 Å². The lowest BCUT2D eigenvalue weighted by Gasteiger charge is -2.34. The molecule has 0 aromatic carbocycles. The van der Waals surface area contributed by atoms with Gasteiger partial charge in [0, 0.05) is 11.8 Å². The third-order valence-electron chi connectivity index (χ3n) is 5.13. The molecule has 0 aromatic rings. The lowest BCUT2D eigenvalue weighted by molar-refractivity contribution is -0.132. The van der Waals surface area contributed by atoms with E-state index in [1.165, 1.54) is 24.0 Å². The van der Waals surface area contributed by atoms with Gasteiger partial charge in [0.25, 0.3) is 0 Å². The van der Waals surface area contributed by atoms with Crippen molar-refractivity contribution in [2.45, 2.75) is 59.8 Å². The Morgan fingerprint density at radius 1 is 1.31 bits per heavy atom. The molecular weight excluding hydrogens is 196 g/mol. The van der Waals surface area contributed by atoms with Crippen LogP contribution in [0.1, 0.15) is 59.8 Å². The van der Waals surface area contributed by atoms with E-state index >= 15 is 0 Å². The Hall–Kier alpha value is -0.590. The molecule has 1 heteroatoms. The minimum absolute atomic E-state index is 0.0135. The summed E-state index contributed by atoms with van der Waals surface area (Å²) in [6, 6.07) is 0. The average molecular weight is 220 g/mol. The molecule has 0 unspecified atom stereocenters. The maximum Gasteiger partial charge on any atom is 0.139 e. The highest BCUT2D eigenvalue weighted by molar-refractivity contribution is 5.86. The standard InChI is InChI=1S/C15H24O/c1-10(2)11(3)12-8-13-6-5-7-14(16)15(13,4)9-12/h12-13H,5-9H2,1-4H3/t12-,13+,15-/m0/s1. The van der Waals surface area contributed by atoms with Crippen molar-refractivity contribution in [2.75, 3.05) is 0 Å². The first-order valence-corrected chi connectivity index (χ1v) is 6.62. The van der Waals surface area contributed by atoms with Gasteiger partial charge in [-0.1, -0.05) is 18.1 Å². The van der Waals surface area contributed by atoms with E-state index in [4.69, 9.17) is 0 Å². The first-order valence-electron chi connectivity index (χ1n) is 6.62. The SMILES string of the molecule is CC(C)=C(C)[C@H]1C[C@H]2CCCC(=O)[C@@]2(C)C1. The van der Waals surface area contributed by atoms with Gasteiger partial charge in [0.1, 0.15) is 5.78 Å². The predicted octanol–water partition coefficient (Wildman–Crippen LogP) is 4.13. The van der Waals surface area contributed by atoms with Gasteiger partial charge in [-0.3, -0.25) is 4.79 Å². The van der Waals surface area contributed by atoms with E-state index in [2.05, 4.69) is 27.7 Å². The monoisotopic (exact) mass is 220 g/mol. The predicted molar refractivity (Wildman–Crippen MR) is 67.2 cm³/mol. The number of carbonyl (C=O) groups excluding carboxylic acids is 1. The Balaban J connectivity index is 2.22. The molecule has 0 spiro atoms. The lowest BCUT2D eigenvalue weighted by Crippen LogP contribution is -2.35. The Morgan fingerprint density at radius 2 is 2.00 bits per heavy atom. The molecule has 0 N–H and O–H groups in total. The van der Waals surface area contributed by atoms with Crippen LogP contribution in [0.4, 0.5) is 0 Å². The Labute approximate surface area is 99.3 Å². The van der Waals surface area contributed by atoms with Gasteiger partial charge in [-0.2, -0.15) is 0 Å². The summed E-state index contributed by atoms with van der Waals surface area (Å²) in [5, 5.41) is 0. The molecule has 0 saturated heterocycles. The van der Waals surface area contributed by atoms with Gasteiger partial charge in [-0.15, -0.1) is 0 Å². The second-order valence-electron chi connectivity index (χ2n) is 6.25. The fourth-order valence-corrected chi connectivity index (χ4v) is 3.68. The molecule has 2 saturated carbocycles. The highest BCUT2D eigenvalue weighted by atomic mass is 16.1. The van der Waals surface area contributed by atoms with Gasteiger partial charge in [-0.05, 0) is 58.3 Å². The van der Waals surface area contributed by atoms with E-state index in [1.807, 2.05) is 0 Å². The number of Topliss-reactive ketones (excluding diaryl/α,β-unsaturated/α-hetero) is 1. The molecule has 90 valence electrons. The van der Waals surface area contributed by atoms with E-state index in [0.717, 1.165) is 19.3 Å². The number of ketones is 1. The van der Waals surface area contributed by atoms with Gasteiger partial charge in [0.2, 0.25) is 0 Å². The number of fused-ring (bicyclic) bond motifs is 1. The van der Waals surface area contributed by atoms with Gasteiger partial charge >= 0.3 is 0 Å². The fourth-order valence-electron chi connectivity index (χ4n) is 3.68. The van der Waals surface area contributed by atoms with Crippen LogP contribution >= 0.6 is 0 Å². The van der Waals surface area contributed by atoms with Crippen molar-refractivity contribution in [3.8, 4) is 0 Å². The second kappa shape index (κ2) is 4.01. The molecular formula is C15H24O. The molecule has 2 rings (SSSR count). The lowest BCUT2D eigenvalue weighted by atomic mass is 9.69. The molecule has 2 aliphatic carbocycles. The Kier molecular flexibility index (Phi) is 2.98. The number of rotatable bonds is 1. The summed E-state index contributed by atoms with van der Waals surface area (Å²) in [5.74, 6) is 1.86. The van der Waals surface area contributed by atoms with Crippen LogP contribution in [0.5, 0.6) is 0 Å². The highest BCUT2D eigenvalue weighted by Crippen LogP contribution is 2.54. The zero-order valence-corrected chi connectivity index (χ0v) is 11.1. The van der Waals surface area contributed by atoms with Crippen LogP contribution in [-0.4, -0.2) is 5.78 Å². The van der Waals surface area contributed by atoms with Gasteiger partial charge < -0.3 is 0 Å². The smallest absolute Gasteiger partial charge is 0.139 e. The topological polar surface area (TPSA) is 17.1 Å². The first kappa shape index (κ1) is 11.9. The van der Waals surface area contributed by atoms with E-state index < -0.39 is 0 Å². The minimum Gasteiger partial charge on any atom is -0.299 e. The van der Waals surface area contributed by atoms with Crippen LogP contribution in [0.2, 0.25) is 0 Å². The maximum atomic E-state index is 12.1. The van der Waals surface area contributed by atoms with Crippen molar-refractivity contribution in [1.82, 2.24) is 0 Å². The van der Waals surface area contributed by atoms with Gasteiger partial charge in [0.05, 0.1) is 0 Å². The van der Waals surface area contributed by atoms with Crippen molar-refractivity contribution in [1.29, 1.82) is 0 Å². The largest absolute Gasteiger partial charge is 0.299 e. The third kappa shape index (κ3) is 1.74. The summed E-state index contributed by atoms with van der Waals surface area (Å²) in [6.45, 7) is 8.87. The number of hydrogen-bond acceptors (Lipinski definition) is 1. The molecule has 0 bridgehead atoms. The van der Waals surface area contributed by atoms with Crippen LogP contribution in [0.15, 0.2) is 11.1 Å². The quantitative estimate of drug-likeness (QED) is 0.607.